The fraction of sp³-hybridized carbons (Fsp3) is 0.735. The molecule has 0 aromatic heterocycles. The van der Waals surface area contributed by atoms with E-state index in [1.165, 1.54) is 0 Å². The topological polar surface area (TPSA) is 179 Å². The molecular formula is C34H61Cl2N5O8. The van der Waals surface area contributed by atoms with Crippen molar-refractivity contribution < 1.29 is 38.4 Å². The number of morpholine rings is 1. The van der Waals surface area contributed by atoms with Crippen molar-refractivity contribution >= 4 is 42.5 Å². The molecule has 3 amide bonds. The van der Waals surface area contributed by atoms with Gasteiger partial charge in [0.2, 0.25) is 5.91 Å². The summed E-state index contributed by atoms with van der Waals surface area (Å²) in [4.78, 5) is 38.2. The molecule has 4 unspecified atom stereocenters. The van der Waals surface area contributed by atoms with E-state index in [0.29, 0.717) is 76.1 Å². The highest BCUT2D eigenvalue weighted by molar-refractivity contribution is 5.97. The summed E-state index contributed by atoms with van der Waals surface area (Å²) < 4.78 is 21.9. The number of hydrogen-bond acceptors (Lipinski definition) is 10. The van der Waals surface area contributed by atoms with Gasteiger partial charge >= 0.3 is 0 Å². The zero-order valence-corrected chi connectivity index (χ0v) is 31.7. The SMILES string of the molecule is CCN(C(=O)C(CC(O)C(N)CC(CNC(=O)c1ccc(OCC(N)=O)cc1OCCCCOC)C(C)C)C(C)C)N1CCOCC1.Cl.Cl. The monoisotopic (exact) mass is 737 g/mol. The van der Waals surface area contributed by atoms with Crippen molar-refractivity contribution in [3.8, 4) is 11.5 Å². The molecule has 0 spiro atoms. The molecule has 0 aliphatic carbocycles. The molecular weight excluding hydrogens is 677 g/mol. The van der Waals surface area contributed by atoms with Crippen LogP contribution >= 0.6 is 24.8 Å². The van der Waals surface area contributed by atoms with Crippen molar-refractivity contribution in [3.63, 3.8) is 0 Å². The van der Waals surface area contributed by atoms with E-state index in [2.05, 4.69) is 19.2 Å². The van der Waals surface area contributed by atoms with Gasteiger partial charge in [-0.25, -0.2) is 5.01 Å². The second-order valence-corrected chi connectivity index (χ2v) is 12.8. The Kier molecular flexibility index (Phi) is 23.5. The zero-order chi connectivity index (χ0) is 34.9. The second kappa shape index (κ2) is 24.7. The van der Waals surface area contributed by atoms with Crippen LogP contribution in [0, 0.1) is 23.7 Å². The van der Waals surface area contributed by atoms with E-state index in [1.807, 2.05) is 25.8 Å². The van der Waals surface area contributed by atoms with Gasteiger partial charge in [-0.05, 0) is 62.5 Å². The van der Waals surface area contributed by atoms with Gasteiger partial charge in [-0.3, -0.25) is 19.4 Å². The number of nitrogens with two attached hydrogens (primary N) is 2. The van der Waals surface area contributed by atoms with Gasteiger partial charge in [-0.15, -0.1) is 24.8 Å². The van der Waals surface area contributed by atoms with Crippen molar-refractivity contribution in [3.05, 3.63) is 23.8 Å². The Bertz CT molecular complexity index is 1110. The number of hydrazine groups is 1. The largest absolute Gasteiger partial charge is 0.493 e. The lowest BCUT2D eigenvalue weighted by Gasteiger charge is -2.39. The van der Waals surface area contributed by atoms with Gasteiger partial charge in [0.15, 0.2) is 6.61 Å². The molecule has 1 aromatic rings. The minimum absolute atomic E-state index is 0. The van der Waals surface area contributed by atoms with Crippen LogP contribution in [0.5, 0.6) is 11.5 Å². The van der Waals surface area contributed by atoms with Crippen LogP contribution in [-0.4, -0.2) is 111 Å². The highest BCUT2D eigenvalue weighted by atomic mass is 35.5. The molecule has 4 atom stereocenters. The fourth-order valence-corrected chi connectivity index (χ4v) is 5.58. The summed E-state index contributed by atoms with van der Waals surface area (Å²) in [5, 5.41) is 18.1. The van der Waals surface area contributed by atoms with Crippen molar-refractivity contribution in [2.45, 2.75) is 72.4 Å². The van der Waals surface area contributed by atoms with Crippen molar-refractivity contribution in [2.75, 3.05) is 66.3 Å². The lowest BCUT2D eigenvalue weighted by molar-refractivity contribution is -0.163. The van der Waals surface area contributed by atoms with Crippen LogP contribution in [0.1, 0.15) is 70.7 Å². The Morgan fingerprint density at radius 3 is 2.24 bits per heavy atom. The average Bonchev–Trinajstić information content (AvgIpc) is 3.04. The van der Waals surface area contributed by atoms with Crippen LogP contribution < -0.4 is 26.3 Å². The number of nitrogens with zero attached hydrogens (tertiary/aromatic N) is 2. The number of methoxy groups -OCH3 is 1. The maximum atomic E-state index is 13.6. The highest BCUT2D eigenvalue weighted by Gasteiger charge is 2.34. The molecule has 1 aliphatic rings. The molecule has 15 heteroatoms. The molecule has 284 valence electrons. The Morgan fingerprint density at radius 1 is 1.02 bits per heavy atom. The lowest BCUT2D eigenvalue weighted by atomic mass is 9.83. The van der Waals surface area contributed by atoms with Crippen LogP contribution in [0.2, 0.25) is 0 Å². The summed E-state index contributed by atoms with van der Waals surface area (Å²) in [5.74, 6) is -0.503. The Balaban J connectivity index is 0.0000115. The summed E-state index contributed by atoms with van der Waals surface area (Å²) in [6.07, 6.45) is 1.35. The molecule has 1 aromatic carbocycles. The molecule has 1 aliphatic heterocycles. The normalized spacial score (nSPS) is 15.7. The van der Waals surface area contributed by atoms with E-state index in [9.17, 15) is 19.5 Å². The molecule has 1 heterocycles. The molecule has 49 heavy (non-hydrogen) atoms. The fourth-order valence-electron chi connectivity index (χ4n) is 5.58. The molecule has 0 bridgehead atoms. The van der Waals surface area contributed by atoms with Crippen LogP contribution in [0.3, 0.4) is 0 Å². The number of carbonyl (C=O) groups is 3. The Morgan fingerprint density at radius 2 is 1.67 bits per heavy atom. The standard InChI is InChI=1S/C34H59N5O8.2ClH/c1-7-39(38-12-16-45-17-13-38)34(43)28(24(4)5)20-30(40)29(35)18-25(23(2)3)21-37-33(42)27-11-10-26(47-22-32(36)41)19-31(27)46-15-9-8-14-44-6;;/h10-11,19,23-25,28-30,40H,7-9,12-18,20-22,35H2,1-6H3,(H2,36,41)(H,37,42);2*1H. The Hall–Kier alpha value is -2.39. The third-order valence-electron chi connectivity index (χ3n) is 8.62. The second-order valence-electron chi connectivity index (χ2n) is 12.8. The number of hydrogen-bond donors (Lipinski definition) is 4. The first kappa shape index (κ1) is 46.6. The molecule has 1 fully saturated rings. The summed E-state index contributed by atoms with van der Waals surface area (Å²) in [6.45, 7) is 14.1. The molecule has 0 saturated carbocycles. The van der Waals surface area contributed by atoms with Crippen LogP contribution in [-0.2, 0) is 19.1 Å². The third-order valence-corrected chi connectivity index (χ3v) is 8.62. The summed E-state index contributed by atoms with van der Waals surface area (Å²) in [6, 6.07) is 4.17. The van der Waals surface area contributed by atoms with Crippen LogP contribution in [0.25, 0.3) is 0 Å². The van der Waals surface area contributed by atoms with Gasteiger partial charge in [-0.1, -0.05) is 27.7 Å². The Labute approximate surface area is 304 Å². The number of unbranched alkanes of at least 4 members (excludes halogenated alkanes) is 1. The number of aliphatic hydroxyl groups is 1. The summed E-state index contributed by atoms with van der Waals surface area (Å²) in [7, 11) is 1.64. The smallest absolute Gasteiger partial charge is 0.255 e. The van der Waals surface area contributed by atoms with Gasteiger partial charge in [0, 0.05) is 57.9 Å². The maximum Gasteiger partial charge on any atom is 0.255 e. The predicted molar refractivity (Wildman–Crippen MR) is 194 cm³/mol. The number of primary amides is 1. The van der Waals surface area contributed by atoms with E-state index in [1.54, 1.807) is 30.3 Å². The number of aliphatic hydroxyl groups excluding tert-OH is 1. The first-order chi connectivity index (χ1) is 22.4. The maximum absolute atomic E-state index is 13.6. The van der Waals surface area contributed by atoms with Gasteiger partial charge in [0.1, 0.15) is 11.5 Å². The zero-order valence-electron chi connectivity index (χ0n) is 30.1. The molecule has 6 N–H and O–H groups in total. The van der Waals surface area contributed by atoms with Gasteiger partial charge < -0.3 is 40.8 Å². The summed E-state index contributed by atoms with van der Waals surface area (Å²) >= 11 is 0. The average molecular weight is 739 g/mol. The van der Waals surface area contributed by atoms with E-state index in [-0.39, 0.29) is 73.3 Å². The molecule has 13 nitrogen and oxygen atoms in total. The first-order valence-electron chi connectivity index (χ1n) is 16.9. The number of ether oxygens (including phenoxy) is 4. The van der Waals surface area contributed by atoms with Gasteiger partial charge in [-0.2, -0.15) is 0 Å². The molecule has 2 rings (SSSR count). The van der Waals surface area contributed by atoms with Gasteiger partial charge in [0.25, 0.3) is 11.8 Å². The van der Waals surface area contributed by atoms with Crippen molar-refractivity contribution in [1.82, 2.24) is 15.3 Å². The van der Waals surface area contributed by atoms with E-state index >= 15 is 0 Å². The first-order valence-corrected chi connectivity index (χ1v) is 16.9. The van der Waals surface area contributed by atoms with E-state index < -0.39 is 18.1 Å². The van der Waals surface area contributed by atoms with E-state index in [0.717, 1.165) is 12.8 Å². The van der Waals surface area contributed by atoms with Crippen molar-refractivity contribution in [1.29, 1.82) is 0 Å². The number of nitrogens with one attached hydrogen (secondary N) is 1. The van der Waals surface area contributed by atoms with Crippen LogP contribution in [0.4, 0.5) is 0 Å². The minimum Gasteiger partial charge on any atom is -0.493 e. The van der Waals surface area contributed by atoms with Gasteiger partial charge in [0.05, 0.1) is 31.5 Å². The number of amides is 3. The quantitative estimate of drug-likeness (QED) is 0.129. The number of rotatable bonds is 22. The number of benzene rings is 1. The lowest BCUT2D eigenvalue weighted by Crippen LogP contribution is -2.54. The molecule has 1 saturated heterocycles. The predicted octanol–water partition coefficient (Wildman–Crippen LogP) is 3.04. The number of carbonyl (C=O) groups excluding carboxylic acids is 3. The van der Waals surface area contributed by atoms with E-state index in [4.69, 9.17) is 30.4 Å². The highest BCUT2D eigenvalue weighted by Crippen LogP contribution is 2.27. The van der Waals surface area contributed by atoms with Crippen molar-refractivity contribution in [2.24, 2.45) is 35.1 Å². The molecule has 0 radical (unpaired) electrons. The number of halogens is 2. The third kappa shape index (κ3) is 16.0. The minimum atomic E-state index is -0.891. The van der Waals surface area contributed by atoms with Crippen LogP contribution in [0.15, 0.2) is 18.2 Å². The summed E-state index contributed by atoms with van der Waals surface area (Å²) in [5.41, 5.74) is 12.1.